The molecule has 0 radical (unpaired) electrons. The van der Waals surface area contributed by atoms with Gasteiger partial charge in [0.2, 0.25) is 0 Å². The second kappa shape index (κ2) is 4.93. The molecular weight excluding hydrogens is 240 g/mol. The van der Waals surface area contributed by atoms with Gasteiger partial charge in [-0.15, -0.1) is 0 Å². The Morgan fingerprint density at radius 2 is 1.84 bits per heavy atom. The number of piperidine rings is 1. The van der Waals surface area contributed by atoms with Gasteiger partial charge in [-0.1, -0.05) is 0 Å². The number of nitrogens with zero attached hydrogens (tertiary/aromatic N) is 1. The van der Waals surface area contributed by atoms with Crippen LogP contribution in [0.1, 0.15) is 12.8 Å². The minimum atomic E-state index is 0.527. The van der Waals surface area contributed by atoms with Gasteiger partial charge in [-0.2, -0.15) is 0 Å². The summed E-state index contributed by atoms with van der Waals surface area (Å²) in [5.41, 5.74) is 1.69. The minimum absolute atomic E-state index is 0.527. The van der Waals surface area contributed by atoms with Gasteiger partial charge in [0.05, 0.1) is 19.9 Å². The fourth-order valence-electron chi connectivity index (χ4n) is 3.25. The van der Waals surface area contributed by atoms with E-state index in [-0.39, 0.29) is 0 Å². The first-order valence-electron chi connectivity index (χ1n) is 6.94. The maximum atomic E-state index is 5.47. The van der Waals surface area contributed by atoms with Gasteiger partial charge in [0, 0.05) is 24.6 Å². The van der Waals surface area contributed by atoms with Crippen molar-refractivity contribution in [1.29, 1.82) is 0 Å². The van der Waals surface area contributed by atoms with Gasteiger partial charge in [0.15, 0.2) is 0 Å². The van der Waals surface area contributed by atoms with Crippen molar-refractivity contribution >= 4 is 5.69 Å². The lowest BCUT2D eigenvalue weighted by molar-refractivity contribution is 0.149. The Hall–Kier alpha value is -1.42. The lowest BCUT2D eigenvalue weighted by Crippen LogP contribution is -2.60. The Morgan fingerprint density at radius 3 is 2.47 bits per heavy atom. The maximum Gasteiger partial charge on any atom is 0.142 e. The van der Waals surface area contributed by atoms with Crippen LogP contribution in [0.3, 0.4) is 0 Å². The Bertz CT molecular complexity index is 447. The molecule has 2 heterocycles. The molecular formula is C15H22N2O2. The highest BCUT2D eigenvalue weighted by molar-refractivity contribution is 5.63. The second-order valence-corrected chi connectivity index (χ2v) is 5.64. The third-order valence-corrected chi connectivity index (χ3v) is 4.44. The molecule has 0 bridgehead atoms. The van der Waals surface area contributed by atoms with E-state index in [9.17, 15) is 0 Å². The molecule has 0 aliphatic carbocycles. The van der Waals surface area contributed by atoms with Crippen LogP contribution < -0.4 is 19.7 Å². The first-order chi connectivity index (χ1) is 9.26. The molecule has 2 saturated heterocycles. The first-order valence-corrected chi connectivity index (χ1v) is 6.94. The Kier molecular flexibility index (Phi) is 3.27. The third kappa shape index (κ3) is 2.25. The average molecular weight is 262 g/mol. The number of methoxy groups -OCH3 is 2. The van der Waals surface area contributed by atoms with Gasteiger partial charge in [-0.3, -0.25) is 0 Å². The Morgan fingerprint density at radius 1 is 1.11 bits per heavy atom. The zero-order valence-electron chi connectivity index (χ0n) is 11.7. The molecule has 1 N–H and O–H groups in total. The monoisotopic (exact) mass is 262 g/mol. The van der Waals surface area contributed by atoms with E-state index < -0.39 is 0 Å². The van der Waals surface area contributed by atoms with Gasteiger partial charge in [0.25, 0.3) is 0 Å². The molecule has 104 valence electrons. The molecule has 1 spiro atoms. The summed E-state index contributed by atoms with van der Waals surface area (Å²) in [6.45, 7) is 4.59. The van der Waals surface area contributed by atoms with Crippen LogP contribution in [0, 0.1) is 5.41 Å². The zero-order chi connectivity index (χ0) is 13.3. The van der Waals surface area contributed by atoms with Crippen molar-refractivity contribution < 1.29 is 9.47 Å². The van der Waals surface area contributed by atoms with Crippen LogP contribution >= 0.6 is 0 Å². The largest absolute Gasteiger partial charge is 0.497 e. The summed E-state index contributed by atoms with van der Waals surface area (Å²) >= 11 is 0. The fraction of sp³-hybridized carbons (Fsp3) is 0.600. The van der Waals surface area contributed by atoms with Gasteiger partial charge in [-0.05, 0) is 38.1 Å². The van der Waals surface area contributed by atoms with Crippen molar-refractivity contribution in [2.24, 2.45) is 5.41 Å². The molecule has 19 heavy (non-hydrogen) atoms. The van der Waals surface area contributed by atoms with Crippen molar-refractivity contribution in [3.63, 3.8) is 0 Å². The third-order valence-electron chi connectivity index (χ3n) is 4.44. The van der Waals surface area contributed by atoms with E-state index in [2.05, 4.69) is 16.3 Å². The summed E-state index contributed by atoms with van der Waals surface area (Å²) in [7, 11) is 3.43. The number of rotatable bonds is 3. The summed E-state index contributed by atoms with van der Waals surface area (Å²) in [4.78, 5) is 2.41. The lowest BCUT2D eigenvalue weighted by Gasteiger charge is -2.53. The minimum Gasteiger partial charge on any atom is -0.497 e. The predicted octanol–water partition coefficient (Wildman–Crippen LogP) is 1.89. The highest BCUT2D eigenvalue weighted by Crippen LogP contribution is 2.44. The lowest BCUT2D eigenvalue weighted by atomic mass is 9.72. The predicted molar refractivity (Wildman–Crippen MR) is 76.3 cm³/mol. The van der Waals surface area contributed by atoms with Crippen LogP contribution in [0.15, 0.2) is 18.2 Å². The molecule has 0 aromatic heterocycles. The number of ether oxygens (including phenoxy) is 2. The highest BCUT2D eigenvalue weighted by Gasteiger charge is 2.44. The number of benzene rings is 1. The highest BCUT2D eigenvalue weighted by atomic mass is 16.5. The molecule has 3 rings (SSSR count). The van der Waals surface area contributed by atoms with E-state index in [0.29, 0.717) is 5.41 Å². The van der Waals surface area contributed by atoms with Gasteiger partial charge in [0.1, 0.15) is 11.5 Å². The van der Waals surface area contributed by atoms with Crippen LogP contribution in [-0.4, -0.2) is 40.4 Å². The molecule has 4 nitrogen and oxygen atoms in total. The summed E-state index contributed by atoms with van der Waals surface area (Å²) < 4.78 is 10.8. The Balaban J connectivity index is 1.76. The molecule has 4 heteroatoms. The van der Waals surface area contributed by atoms with Gasteiger partial charge >= 0.3 is 0 Å². The summed E-state index contributed by atoms with van der Waals surface area (Å²) in [5, 5.41) is 3.44. The fourth-order valence-corrected chi connectivity index (χ4v) is 3.25. The molecule has 2 aliphatic rings. The van der Waals surface area contributed by atoms with E-state index in [0.717, 1.165) is 43.4 Å². The first kappa shape index (κ1) is 12.6. The number of hydrogen-bond acceptors (Lipinski definition) is 4. The van der Waals surface area contributed by atoms with E-state index >= 15 is 0 Å². The smallest absolute Gasteiger partial charge is 0.142 e. The van der Waals surface area contributed by atoms with Crippen molar-refractivity contribution in [1.82, 2.24) is 5.32 Å². The van der Waals surface area contributed by atoms with Crippen molar-refractivity contribution in [3.8, 4) is 11.5 Å². The van der Waals surface area contributed by atoms with E-state index in [4.69, 9.17) is 9.47 Å². The molecule has 2 fully saturated rings. The maximum absolute atomic E-state index is 5.47. The zero-order valence-corrected chi connectivity index (χ0v) is 11.7. The number of hydrogen-bond donors (Lipinski definition) is 1. The van der Waals surface area contributed by atoms with Crippen molar-refractivity contribution in [2.75, 3.05) is 45.3 Å². The van der Waals surface area contributed by atoms with E-state index in [1.807, 2.05) is 12.1 Å². The normalized spacial score (nSPS) is 21.1. The summed E-state index contributed by atoms with van der Waals surface area (Å²) in [6, 6.07) is 6.01. The summed E-state index contributed by atoms with van der Waals surface area (Å²) in [5.74, 6) is 1.83. The summed E-state index contributed by atoms with van der Waals surface area (Å²) in [6.07, 6.45) is 2.57. The van der Waals surface area contributed by atoms with E-state index in [1.165, 1.54) is 12.8 Å². The van der Waals surface area contributed by atoms with Gasteiger partial charge < -0.3 is 19.7 Å². The SMILES string of the molecule is COc1ccc(OC)c(N2CC3(CCNCC3)C2)c1. The molecule has 2 aliphatic heterocycles. The van der Waals surface area contributed by atoms with Gasteiger partial charge in [-0.25, -0.2) is 0 Å². The van der Waals surface area contributed by atoms with E-state index in [1.54, 1.807) is 14.2 Å². The molecule has 1 aromatic carbocycles. The molecule has 1 aromatic rings. The average Bonchev–Trinajstić information content (AvgIpc) is 2.45. The standard InChI is InChI=1S/C15H22N2O2/c1-18-12-3-4-14(19-2)13(9-12)17-10-15(11-17)5-7-16-8-6-15/h3-4,9,16H,5-8,10-11H2,1-2H3. The van der Waals surface area contributed by atoms with Crippen molar-refractivity contribution in [2.45, 2.75) is 12.8 Å². The van der Waals surface area contributed by atoms with Crippen LogP contribution in [-0.2, 0) is 0 Å². The molecule has 0 atom stereocenters. The Labute approximate surface area is 114 Å². The van der Waals surface area contributed by atoms with Crippen molar-refractivity contribution in [3.05, 3.63) is 18.2 Å². The topological polar surface area (TPSA) is 33.7 Å². The molecule has 0 saturated carbocycles. The second-order valence-electron chi connectivity index (χ2n) is 5.64. The molecule has 0 amide bonds. The van der Waals surface area contributed by atoms with Crippen LogP contribution in [0.25, 0.3) is 0 Å². The molecule has 0 unspecified atom stereocenters. The number of anilines is 1. The number of nitrogens with one attached hydrogen (secondary N) is 1. The van der Waals surface area contributed by atoms with Crippen LogP contribution in [0.5, 0.6) is 11.5 Å². The van der Waals surface area contributed by atoms with Crippen LogP contribution in [0.4, 0.5) is 5.69 Å². The quantitative estimate of drug-likeness (QED) is 0.902. The van der Waals surface area contributed by atoms with Crippen LogP contribution in [0.2, 0.25) is 0 Å².